The first-order valence-corrected chi connectivity index (χ1v) is 12.5. The molecule has 0 fully saturated rings. The van der Waals surface area contributed by atoms with Crippen LogP contribution in [-0.2, 0) is 4.79 Å². The van der Waals surface area contributed by atoms with E-state index in [1.165, 1.54) is 90.0 Å². The van der Waals surface area contributed by atoms with Crippen LogP contribution in [0.1, 0.15) is 129 Å². The largest absolute Gasteiger partial charge is 0.481 e. The van der Waals surface area contributed by atoms with Crippen molar-refractivity contribution in [3.8, 4) is 0 Å². The third kappa shape index (κ3) is 35.2. The van der Waals surface area contributed by atoms with Gasteiger partial charge in [-0.25, -0.2) is 0 Å². The van der Waals surface area contributed by atoms with Gasteiger partial charge in [0.2, 0.25) is 0 Å². The summed E-state index contributed by atoms with van der Waals surface area (Å²) in [6.45, 7) is 3.85. The fraction of sp³-hybridized carbons (Fsp3) is 0.960. The summed E-state index contributed by atoms with van der Waals surface area (Å²) in [5.41, 5.74) is 0. The quantitative estimate of drug-likeness (QED) is 0.197. The zero-order valence-corrected chi connectivity index (χ0v) is 20.1. The van der Waals surface area contributed by atoms with Crippen molar-refractivity contribution in [1.82, 2.24) is 4.90 Å². The van der Waals surface area contributed by atoms with Gasteiger partial charge in [-0.05, 0) is 39.9 Å². The summed E-state index contributed by atoms with van der Waals surface area (Å²) in [7, 11) is 4.32. The lowest BCUT2D eigenvalue weighted by atomic mass is 10.1. The molecule has 0 atom stereocenters. The van der Waals surface area contributed by atoms with E-state index in [1.54, 1.807) is 0 Å². The molecule has 0 saturated carbocycles. The second-order valence-corrected chi connectivity index (χ2v) is 8.68. The first-order chi connectivity index (χ1) is 14.0. The third-order valence-electron chi connectivity index (χ3n) is 5.26. The number of carboxylic acids is 1. The van der Waals surface area contributed by atoms with E-state index in [-0.39, 0.29) is 0 Å². The molecule has 0 aliphatic carbocycles. The SMILES string of the molecule is CCCCCCCCCCCCN(C)C.O=C(O)CCCCCCCCCCO. The molecule has 0 saturated heterocycles. The minimum absolute atomic E-state index is 0.304. The molecule has 0 spiro atoms. The number of nitrogens with zero attached hydrogens (tertiary/aromatic N) is 1. The number of aliphatic hydroxyl groups is 1. The Kier molecular flexibility index (Phi) is 28.9. The fourth-order valence-corrected chi connectivity index (χ4v) is 3.36. The molecule has 0 aromatic carbocycles. The highest BCUT2D eigenvalue weighted by Gasteiger charge is 1.96. The highest BCUT2D eigenvalue weighted by Crippen LogP contribution is 2.11. The van der Waals surface area contributed by atoms with Crippen molar-refractivity contribution in [3.05, 3.63) is 0 Å². The molecule has 29 heavy (non-hydrogen) atoms. The highest BCUT2D eigenvalue weighted by molar-refractivity contribution is 5.66. The van der Waals surface area contributed by atoms with E-state index in [0.29, 0.717) is 13.0 Å². The molecule has 0 aliphatic heterocycles. The number of hydrogen-bond donors (Lipinski definition) is 2. The maximum atomic E-state index is 10.2. The van der Waals surface area contributed by atoms with E-state index in [1.807, 2.05) is 0 Å². The summed E-state index contributed by atoms with van der Waals surface area (Å²) >= 11 is 0. The Morgan fingerprint density at radius 1 is 0.621 bits per heavy atom. The van der Waals surface area contributed by atoms with Crippen LogP contribution in [0.15, 0.2) is 0 Å². The standard InChI is InChI=1S/C14H31N.C11H22O3/c1-4-5-6-7-8-9-10-11-12-13-14-15(2)3;12-10-8-6-4-2-1-3-5-7-9-11(13)14/h4-14H2,1-3H3;12H,1-10H2,(H,13,14). The van der Waals surface area contributed by atoms with Crippen molar-refractivity contribution < 1.29 is 15.0 Å². The molecule has 0 aromatic heterocycles. The predicted octanol–water partition coefficient (Wildman–Crippen LogP) is 7.04. The molecule has 4 heteroatoms. The van der Waals surface area contributed by atoms with Crippen LogP contribution in [0.3, 0.4) is 0 Å². The number of unbranched alkanes of at least 4 members (excludes halogenated alkanes) is 16. The second kappa shape index (κ2) is 27.4. The Balaban J connectivity index is 0. The average molecular weight is 416 g/mol. The minimum atomic E-state index is -0.687. The molecule has 176 valence electrons. The third-order valence-corrected chi connectivity index (χ3v) is 5.26. The lowest BCUT2D eigenvalue weighted by Gasteiger charge is -2.08. The number of carbonyl (C=O) groups is 1. The molecule has 0 radical (unpaired) electrons. The summed E-state index contributed by atoms with van der Waals surface area (Å²) in [5, 5.41) is 16.9. The van der Waals surface area contributed by atoms with E-state index < -0.39 is 5.97 Å². The van der Waals surface area contributed by atoms with E-state index in [2.05, 4.69) is 25.9 Å². The molecule has 0 rings (SSSR count). The molecule has 0 aliphatic rings. The Morgan fingerprint density at radius 2 is 1.00 bits per heavy atom. The molecule has 0 heterocycles. The topological polar surface area (TPSA) is 60.8 Å². The predicted molar refractivity (Wildman–Crippen MR) is 127 cm³/mol. The maximum Gasteiger partial charge on any atom is 0.303 e. The van der Waals surface area contributed by atoms with Crippen molar-refractivity contribution >= 4 is 5.97 Å². The zero-order valence-electron chi connectivity index (χ0n) is 20.1. The minimum Gasteiger partial charge on any atom is -0.481 e. The van der Waals surface area contributed by atoms with E-state index in [0.717, 1.165) is 32.1 Å². The maximum absolute atomic E-state index is 10.2. The van der Waals surface area contributed by atoms with Crippen molar-refractivity contribution in [2.45, 2.75) is 129 Å². The van der Waals surface area contributed by atoms with Gasteiger partial charge >= 0.3 is 5.97 Å². The van der Waals surface area contributed by atoms with Gasteiger partial charge in [0.1, 0.15) is 0 Å². The van der Waals surface area contributed by atoms with E-state index in [9.17, 15) is 4.79 Å². The summed E-state index contributed by atoms with van der Waals surface area (Å²) in [5.74, 6) is -0.687. The van der Waals surface area contributed by atoms with Gasteiger partial charge in [-0.2, -0.15) is 0 Å². The molecule has 4 nitrogen and oxygen atoms in total. The summed E-state index contributed by atoms with van der Waals surface area (Å²) in [4.78, 5) is 12.5. The smallest absolute Gasteiger partial charge is 0.303 e. The van der Waals surface area contributed by atoms with Crippen LogP contribution in [-0.4, -0.2) is 48.3 Å². The number of aliphatic hydroxyl groups excluding tert-OH is 1. The first-order valence-electron chi connectivity index (χ1n) is 12.5. The number of hydrogen-bond acceptors (Lipinski definition) is 3. The van der Waals surface area contributed by atoms with Gasteiger partial charge in [0.05, 0.1) is 0 Å². The Hall–Kier alpha value is -0.610. The molecular weight excluding hydrogens is 362 g/mol. The lowest BCUT2D eigenvalue weighted by molar-refractivity contribution is -0.137. The van der Waals surface area contributed by atoms with Gasteiger partial charge in [-0.1, -0.05) is 103 Å². The molecule has 0 amide bonds. The Morgan fingerprint density at radius 3 is 1.38 bits per heavy atom. The van der Waals surface area contributed by atoms with Crippen LogP contribution in [0.4, 0.5) is 0 Å². The van der Waals surface area contributed by atoms with Crippen LogP contribution in [0.25, 0.3) is 0 Å². The molecule has 0 bridgehead atoms. The van der Waals surface area contributed by atoms with E-state index >= 15 is 0 Å². The van der Waals surface area contributed by atoms with Crippen molar-refractivity contribution in [2.75, 3.05) is 27.2 Å². The second-order valence-electron chi connectivity index (χ2n) is 8.68. The number of aliphatic carboxylic acids is 1. The summed E-state index contributed by atoms with van der Waals surface area (Å²) in [6, 6.07) is 0. The van der Waals surface area contributed by atoms with E-state index in [4.69, 9.17) is 10.2 Å². The van der Waals surface area contributed by atoms with Crippen molar-refractivity contribution in [3.63, 3.8) is 0 Å². The Labute approximate surface area is 182 Å². The average Bonchev–Trinajstić information content (AvgIpc) is 2.68. The van der Waals surface area contributed by atoms with Gasteiger partial charge in [-0.3, -0.25) is 4.79 Å². The van der Waals surface area contributed by atoms with Crippen LogP contribution in [0, 0.1) is 0 Å². The highest BCUT2D eigenvalue weighted by atomic mass is 16.4. The van der Waals surface area contributed by atoms with Crippen molar-refractivity contribution in [1.29, 1.82) is 0 Å². The molecule has 0 aromatic rings. The monoisotopic (exact) mass is 415 g/mol. The normalized spacial score (nSPS) is 10.8. The van der Waals surface area contributed by atoms with Crippen molar-refractivity contribution in [2.24, 2.45) is 0 Å². The Bertz CT molecular complexity index is 308. The van der Waals surface area contributed by atoms with Gasteiger partial charge in [0.15, 0.2) is 0 Å². The molecule has 2 N–H and O–H groups in total. The number of rotatable bonds is 21. The van der Waals surface area contributed by atoms with Gasteiger partial charge in [0, 0.05) is 13.0 Å². The molecular formula is C25H53NO3. The van der Waals surface area contributed by atoms with Crippen LogP contribution in [0.5, 0.6) is 0 Å². The molecule has 0 unspecified atom stereocenters. The zero-order chi connectivity index (χ0) is 22.0. The van der Waals surface area contributed by atoms with Crippen LogP contribution < -0.4 is 0 Å². The fourth-order valence-electron chi connectivity index (χ4n) is 3.36. The first kappa shape index (κ1) is 30.6. The van der Waals surface area contributed by atoms with Gasteiger partial charge in [0.25, 0.3) is 0 Å². The number of carboxylic acid groups (broad SMARTS) is 1. The van der Waals surface area contributed by atoms with Crippen LogP contribution >= 0.6 is 0 Å². The van der Waals surface area contributed by atoms with Gasteiger partial charge in [-0.15, -0.1) is 0 Å². The summed E-state index contributed by atoms with van der Waals surface area (Å²) < 4.78 is 0. The lowest BCUT2D eigenvalue weighted by Crippen LogP contribution is -2.12. The van der Waals surface area contributed by atoms with Crippen LogP contribution in [0.2, 0.25) is 0 Å². The summed E-state index contributed by atoms with van der Waals surface area (Å²) in [6.07, 6.45) is 23.3. The van der Waals surface area contributed by atoms with Gasteiger partial charge < -0.3 is 15.1 Å².